The lowest BCUT2D eigenvalue weighted by Crippen LogP contribution is -2.45. The Bertz CT molecular complexity index is 602. The Hall–Kier alpha value is -1.88. The monoisotopic (exact) mass is 375 g/mol. The molecular formula is C22H33NO4. The summed E-state index contributed by atoms with van der Waals surface area (Å²) in [6.45, 7) is 6.64. The van der Waals surface area contributed by atoms with Crippen LogP contribution in [0.15, 0.2) is 30.3 Å². The summed E-state index contributed by atoms with van der Waals surface area (Å²) < 4.78 is 10.8. The number of nitrogens with one attached hydrogen (secondary N) is 1. The fraction of sp³-hybridized carbons (Fsp3) is 0.636. The summed E-state index contributed by atoms with van der Waals surface area (Å²) in [6, 6.07) is 8.87. The van der Waals surface area contributed by atoms with Gasteiger partial charge in [-0.05, 0) is 36.2 Å². The Balaban J connectivity index is 1.91. The van der Waals surface area contributed by atoms with Crippen molar-refractivity contribution in [1.82, 2.24) is 5.32 Å². The van der Waals surface area contributed by atoms with Crippen LogP contribution in [0.3, 0.4) is 0 Å². The number of benzene rings is 1. The van der Waals surface area contributed by atoms with Crippen molar-refractivity contribution in [1.29, 1.82) is 0 Å². The van der Waals surface area contributed by atoms with E-state index in [2.05, 4.69) is 26.1 Å². The number of rotatable bonds is 8. The van der Waals surface area contributed by atoms with E-state index < -0.39 is 12.0 Å². The first-order chi connectivity index (χ1) is 12.9. The summed E-state index contributed by atoms with van der Waals surface area (Å²) in [5, 5.41) is 2.77. The molecule has 1 fully saturated rings. The zero-order chi connectivity index (χ0) is 19.8. The van der Waals surface area contributed by atoms with Gasteiger partial charge in [0.1, 0.15) is 12.6 Å². The lowest BCUT2D eigenvalue weighted by molar-refractivity contribution is -0.146. The standard InChI is InChI=1S/C22H33NO4/c1-15(2)18-11-10-16(3)12-20(18)27-14-21(24)23-19(22(25)26-4)13-17-8-6-5-7-9-17/h5-9,15-16,18-20H,10-14H2,1-4H3,(H,23,24)/t16-,18+,19-,20-/m0/s1. The lowest BCUT2D eigenvalue weighted by atomic mass is 9.75. The third kappa shape index (κ3) is 6.65. The third-order valence-corrected chi connectivity index (χ3v) is 5.49. The summed E-state index contributed by atoms with van der Waals surface area (Å²) in [4.78, 5) is 24.5. The maximum atomic E-state index is 12.4. The molecule has 1 saturated carbocycles. The lowest BCUT2D eigenvalue weighted by Gasteiger charge is -2.37. The van der Waals surface area contributed by atoms with Crippen molar-refractivity contribution >= 4 is 11.9 Å². The van der Waals surface area contributed by atoms with Crippen LogP contribution in [0, 0.1) is 17.8 Å². The van der Waals surface area contributed by atoms with Gasteiger partial charge in [-0.15, -0.1) is 0 Å². The second-order valence-electron chi connectivity index (χ2n) is 8.01. The Labute approximate surface area is 162 Å². The first kappa shape index (κ1) is 21.4. The van der Waals surface area contributed by atoms with Crippen LogP contribution in [0.4, 0.5) is 0 Å². The molecule has 0 aliphatic heterocycles. The minimum Gasteiger partial charge on any atom is -0.467 e. The molecule has 27 heavy (non-hydrogen) atoms. The molecule has 0 saturated heterocycles. The zero-order valence-electron chi connectivity index (χ0n) is 16.9. The van der Waals surface area contributed by atoms with Gasteiger partial charge in [0.15, 0.2) is 0 Å². The van der Waals surface area contributed by atoms with Crippen LogP contribution >= 0.6 is 0 Å². The van der Waals surface area contributed by atoms with E-state index in [9.17, 15) is 9.59 Å². The predicted octanol–water partition coefficient (Wildman–Crippen LogP) is 3.36. The van der Waals surface area contributed by atoms with E-state index in [1.54, 1.807) is 0 Å². The molecule has 0 aromatic heterocycles. The smallest absolute Gasteiger partial charge is 0.328 e. The molecule has 1 amide bonds. The van der Waals surface area contributed by atoms with E-state index in [1.807, 2.05) is 30.3 Å². The van der Waals surface area contributed by atoms with Gasteiger partial charge < -0.3 is 14.8 Å². The van der Waals surface area contributed by atoms with Gasteiger partial charge in [0.05, 0.1) is 13.2 Å². The van der Waals surface area contributed by atoms with Crippen LogP contribution < -0.4 is 5.32 Å². The van der Waals surface area contributed by atoms with Crippen LogP contribution in [0.5, 0.6) is 0 Å². The summed E-state index contributed by atoms with van der Waals surface area (Å²) in [6.07, 6.45) is 3.85. The molecule has 0 unspecified atom stereocenters. The van der Waals surface area contributed by atoms with Gasteiger partial charge in [-0.2, -0.15) is 0 Å². The van der Waals surface area contributed by atoms with Gasteiger partial charge in [-0.25, -0.2) is 4.79 Å². The number of ether oxygens (including phenoxy) is 2. The average molecular weight is 376 g/mol. The largest absolute Gasteiger partial charge is 0.467 e. The van der Waals surface area contributed by atoms with Gasteiger partial charge >= 0.3 is 5.97 Å². The zero-order valence-corrected chi connectivity index (χ0v) is 16.9. The highest BCUT2D eigenvalue weighted by molar-refractivity contribution is 5.85. The van der Waals surface area contributed by atoms with E-state index in [0.717, 1.165) is 18.4 Å². The maximum absolute atomic E-state index is 12.4. The first-order valence-electron chi connectivity index (χ1n) is 9.93. The quantitative estimate of drug-likeness (QED) is 0.708. The predicted molar refractivity (Wildman–Crippen MR) is 105 cm³/mol. The molecule has 0 heterocycles. The van der Waals surface area contributed by atoms with Gasteiger partial charge in [0, 0.05) is 6.42 Å². The van der Waals surface area contributed by atoms with Crippen LogP contribution in [0.1, 0.15) is 45.6 Å². The number of carbonyl (C=O) groups is 2. The molecule has 1 N–H and O–H groups in total. The fourth-order valence-corrected chi connectivity index (χ4v) is 3.91. The molecule has 0 spiro atoms. The molecule has 1 aromatic carbocycles. The average Bonchev–Trinajstić information content (AvgIpc) is 2.65. The molecule has 1 aliphatic rings. The molecule has 0 radical (unpaired) electrons. The Kier molecular flexibility index (Phi) is 8.29. The Morgan fingerprint density at radius 3 is 2.52 bits per heavy atom. The molecule has 2 rings (SSSR count). The van der Waals surface area contributed by atoms with Gasteiger partial charge in [-0.1, -0.05) is 57.5 Å². The van der Waals surface area contributed by atoms with Crippen molar-refractivity contribution in [3.63, 3.8) is 0 Å². The third-order valence-electron chi connectivity index (χ3n) is 5.49. The van der Waals surface area contributed by atoms with Gasteiger partial charge in [0.25, 0.3) is 0 Å². The Morgan fingerprint density at radius 1 is 1.19 bits per heavy atom. The number of esters is 1. The molecule has 5 heteroatoms. The summed E-state index contributed by atoms with van der Waals surface area (Å²) in [5.41, 5.74) is 0.968. The number of carbonyl (C=O) groups excluding carboxylic acids is 2. The van der Waals surface area contributed by atoms with Crippen molar-refractivity contribution in [3.05, 3.63) is 35.9 Å². The van der Waals surface area contributed by atoms with Crippen LogP contribution in [-0.4, -0.2) is 37.7 Å². The van der Waals surface area contributed by atoms with Crippen LogP contribution in [0.25, 0.3) is 0 Å². The van der Waals surface area contributed by atoms with Crippen molar-refractivity contribution < 1.29 is 19.1 Å². The highest BCUT2D eigenvalue weighted by Crippen LogP contribution is 2.35. The van der Waals surface area contributed by atoms with E-state index in [0.29, 0.717) is 24.2 Å². The van der Waals surface area contributed by atoms with Gasteiger partial charge in [0.2, 0.25) is 5.91 Å². The maximum Gasteiger partial charge on any atom is 0.328 e. The summed E-state index contributed by atoms with van der Waals surface area (Å²) in [7, 11) is 1.33. The van der Waals surface area contributed by atoms with Crippen molar-refractivity contribution in [3.8, 4) is 0 Å². The van der Waals surface area contributed by atoms with E-state index in [4.69, 9.17) is 9.47 Å². The molecular weight excluding hydrogens is 342 g/mol. The number of methoxy groups -OCH3 is 1. The van der Waals surface area contributed by atoms with Crippen molar-refractivity contribution in [2.24, 2.45) is 17.8 Å². The summed E-state index contributed by atoms with van der Waals surface area (Å²) >= 11 is 0. The fourth-order valence-electron chi connectivity index (χ4n) is 3.91. The van der Waals surface area contributed by atoms with E-state index in [1.165, 1.54) is 13.5 Å². The number of amides is 1. The molecule has 0 bridgehead atoms. The second kappa shape index (κ2) is 10.5. The molecule has 150 valence electrons. The second-order valence-corrected chi connectivity index (χ2v) is 8.01. The molecule has 1 aliphatic carbocycles. The molecule has 5 nitrogen and oxygen atoms in total. The molecule has 1 aromatic rings. The van der Waals surface area contributed by atoms with Gasteiger partial charge in [-0.3, -0.25) is 4.79 Å². The molecule has 4 atom stereocenters. The van der Waals surface area contributed by atoms with Crippen molar-refractivity contribution in [2.75, 3.05) is 13.7 Å². The Morgan fingerprint density at radius 2 is 1.89 bits per heavy atom. The summed E-state index contributed by atoms with van der Waals surface area (Å²) in [5.74, 6) is 0.913. The van der Waals surface area contributed by atoms with Crippen LogP contribution in [-0.2, 0) is 25.5 Å². The first-order valence-corrected chi connectivity index (χ1v) is 9.93. The highest BCUT2D eigenvalue weighted by Gasteiger charge is 2.32. The normalized spacial score (nSPS) is 23.7. The van der Waals surface area contributed by atoms with E-state index in [-0.39, 0.29) is 18.6 Å². The number of hydrogen-bond donors (Lipinski definition) is 1. The topological polar surface area (TPSA) is 64.6 Å². The highest BCUT2D eigenvalue weighted by atomic mass is 16.5. The minimum absolute atomic E-state index is 0.0249. The van der Waals surface area contributed by atoms with Crippen molar-refractivity contribution in [2.45, 2.75) is 58.6 Å². The SMILES string of the molecule is COC(=O)[C@H](Cc1ccccc1)NC(=O)CO[C@H]1C[C@@H](C)CC[C@@H]1C(C)C. The minimum atomic E-state index is -0.709. The number of hydrogen-bond acceptors (Lipinski definition) is 4. The van der Waals surface area contributed by atoms with E-state index >= 15 is 0 Å². The van der Waals surface area contributed by atoms with Crippen LogP contribution in [0.2, 0.25) is 0 Å².